The Kier molecular flexibility index (Phi) is 4.26. The fourth-order valence-electron chi connectivity index (χ4n) is 3.68. The number of benzene rings is 2. The minimum Gasteiger partial charge on any atom is -0.453 e. The lowest BCUT2D eigenvalue weighted by Gasteiger charge is -2.43. The van der Waals surface area contributed by atoms with Gasteiger partial charge in [-0.2, -0.15) is 4.21 Å². The normalized spacial score (nSPS) is 23.8. The van der Waals surface area contributed by atoms with Crippen molar-refractivity contribution in [1.82, 2.24) is 0 Å². The van der Waals surface area contributed by atoms with Crippen molar-refractivity contribution in [2.75, 3.05) is 4.90 Å². The van der Waals surface area contributed by atoms with E-state index in [1.807, 2.05) is 48.5 Å². The number of ether oxygens (including phenoxy) is 1. The van der Waals surface area contributed by atoms with Gasteiger partial charge < -0.3 is 9.64 Å². The average molecular weight is 345 g/mol. The van der Waals surface area contributed by atoms with Gasteiger partial charge in [0.2, 0.25) is 0 Å². The van der Waals surface area contributed by atoms with Gasteiger partial charge in [-0.05, 0) is 37.1 Å². The van der Waals surface area contributed by atoms with Crippen LogP contribution in [0, 0.1) is 0 Å². The Morgan fingerprint density at radius 2 is 1.58 bits per heavy atom. The molecule has 0 radical (unpaired) electrons. The van der Waals surface area contributed by atoms with E-state index in [0.717, 1.165) is 48.6 Å². The molecule has 0 saturated heterocycles. The summed E-state index contributed by atoms with van der Waals surface area (Å²) in [5.74, 6) is 1.59. The van der Waals surface area contributed by atoms with E-state index >= 15 is 0 Å². The van der Waals surface area contributed by atoms with Crippen molar-refractivity contribution in [1.29, 1.82) is 0 Å². The predicted octanol–water partition coefficient (Wildman–Crippen LogP) is 4.39. The number of hydrogen-bond donors (Lipinski definition) is 1. The van der Waals surface area contributed by atoms with Gasteiger partial charge >= 0.3 is 11.4 Å². The molecule has 2 aliphatic rings. The molecule has 0 amide bonds. The molecule has 4 rings (SSSR count). The van der Waals surface area contributed by atoms with Crippen LogP contribution >= 0.6 is 0 Å². The largest absolute Gasteiger partial charge is 0.453 e. The number of anilines is 2. The zero-order chi connectivity index (χ0) is 16.5. The highest BCUT2D eigenvalue weighted by molar-refractivity contribution is 7.74. The van der Waals surface area contributed by atoms with Gasteiger partial charge in [-0.25, -0.2) is 0 Å². The summed E-state index contributed by atoms with van der Waals surface area (Å²) in [6.07, 6.45) is 3.48. The van der Waals surface area contributed by atoms with E-state index in [0.29, 0.717) is 0 Å². The SMILES string of the molecule is O=S(O)OC1CCCCC1N1c2ccccc2Oc2ccccc21. The monoisotopic (exact) mass is 345 g/mol. The Morgan fingerprint density at radius 1 is 1.00 bits per heavy atom. The molecule has 2 aromatic rings. The van der Waals surface area contributed by atoms with Crippen molar-refractivity contribution in [2.24, 2.45) is 0 Å². The highest BCUT2D eigenvalue weighted by atomic mass is 32.2. The molecule has 1 aliphatic heterocycles. The topological polar surface area (TPSA) is 59.0 Å². The first-order valence-electron chi connectivity index (χ1n) is 8.17. The quantitative estimate of drug-likeness (QED) is 0.836. The maximum atomic E-state index is 11.2. The second-order valence-electron chi connectivity index (χ2n) is 6.11. The fraction of sp³-hybridized carbons (Fsp3) is 0.333. The molecular weight excluding hydrogens is 326 g/mol. The van der Waals surface area contributed by atoms with Crippen molar-refractivity contribution in [3.63, 3.8) is 0 Å². The molecule has 0 bridgehead atoms. The predicted molar refractivity (Wildman–Crippen MR) is 93.0 cm³/mol. The molecule has 1 fully saturated rings. The van der Waals surface area contributed by atoms with E-state index in [-0.39, 0.29) is 12.1 Å². The van der Waals surface area contributed by atoms with Crippen molar-refractivity contribution < 1.29 is 17.7 Å². The molecule has 6 heteroatoms. The van der Waals surface area contributed by atoms with Crippen LogP contribution in [0.25, 0.3) is 0 Å². The molecule has 3 unspecified atom stereocenters. The molecule has 0 spiro atoms. The van der Waals surface area contributed by atoms with Gasteiger partial charge in [-0.3, -0.25) is 8.74 Å². The zero-order valence-corrected chi connectivity index (χ0v) is 13.9. The van der Waals surface area contributed by atoms with Crippen LogP contribution in [0.4, 0.5) is 11.4 Å². The summed E-state index contributed by atoms with van der Waals surface area (Å²) >= 11 is -2.26. The van der Waals surface area contributed by atoms with Crippen LogP contribution in [0.15, 0.2) is 48.5 Å². The first-order valence-corrected chi connectivity index (χ1v) is 9.20. The van der Waals surface area contributed by atoms with E-state index < -0.39 is 11.4 Å². The molecule has 0 aromatic heterocycles. The second-order valence-corrected chi connectivity index (χ2v) is 6.74. The number of hydrogen-bond acceptors (Lipinski definition) is 4. The summed E-state index contributed by atoms with van der Waals surface area (Å²) in [7, 11) is 0. The van der Waals surface area contributed by atoms with E-state index in [9.17, 15) is 8.76 Å². The van der Waals surface area contributed by atoms with Gasteiger partial charge in [0.25, 0.3) is 0 Å². The molecule has 3 atom stereocenters. The van der Waals surface area contributed by atoms with Crippen LogP contribution in [0.3, 0.4) is 0 Å². The molecule has 2 aromatic carbocycles. The van der Waals surface area contributed by atoms with Crippen molar-refractivity contribution in [2.45, 2.75) is 37.8 Å². The van der Waals surface area contributed by atoms with Crippen molar-refractivity contribution in [3.8, 4) is 11.5 Å². The van der Waals surface area contributed by atoms with Crippen LogP contribution < -0.4 is 9.64 Å². The van der Waals surface area contributed by atoms with Crippen LogP contribution in [-0.2, 0) is 15.5 Å². The molecule has 24 heavy (non-hydrogen) atoms. The maximum absolute atomic E-state index is 11.2. The van der Waals surface area contributed by atoms with E-state index in [1.165, 1.54) is 0 Å². The number of fused-ring (bicyclic) bond motifs is 2. The molecule has 126 valence electrons. The lowest BCUT2D eigenvalue weighted by Crippen LogP contribution is -2.45. The van der Waals surface area contributed by atoms with Gasteiger partial charge in [-0.15, -0.1) is 0 Å². The zero-order valence-electron chi connectivity index (χ0n) is 13.1. The summed E-state index contributed by atoms with van der Waals surface area (Å²) in [5.41, 5.74) is 1.95. The summed E-state index contributed by atoms with van der Waals surface area (Å²) in [4.78, 5) is 2.21. The molecule has 1 saturated carbocycles. The minimum atomic E-state index is -2.26. The molecule has 1 aliphatic carbocycles. The summed E-state index contributed by atoms with van der Waals surface area (Å²) in [5, 5.41) is 0. The Hall–Kier alpha value is -1.89. The molecule has 1 N–H and O–H groups in total. The Morgan fingerprint density at radius 3 is 2.21 bits per heavy atom. The second kappa shape index (κ2) is 6.55. The number of para-hydroxylation sites is 4. The summed E-state index contributed by atoms with van der Waals surface area (Å²) in [6.45, 7) is 0. The summed E-state index contributed by atoms with van der Waals surface area (Å²) in [6, 6.07) is 15.8. The Bertz CT molecular complexity index is 721. The Balaban J connectivity index is 1.79. The third kappa shape index (κ3) is 2.81. The smallest absolute Gasteiger partial charge is 0.302 e. The van der Waals surface area contributed by atoms with Gasteiger partial charge in [-0.1, -0.05) is 37.1 Å². The standard InChI is InChI=1S/C18H19NO4S/c20-24(21)23-18-12-6-3-9-15(18)19-13-7-1-4-10-16(13)22-17-11-5-2-8-14(17)19/h1-2,4-5,7-8,10-11,15,18H,3,6,9,12H2,(H,20,21). The van der Waals surface area contributed by atoms with Gasteiger partial charge in [0.05, 0.1) is 23.5 Å². The highest BCUT2D eigenvalue weighted by Crippen LogP contribution is 2.49. The first kappa shape index (κ1) is 15.6. The van der Waals surface area contributed by atoms with Crippen LogP contribution in [-0.4, -0.2) is 20.9 Å². The summed E-state index contributed by atoms with van der Waals surface area (Å²) < 4.78 is 31.8. The van der Waals surface area contributed by atoms with E-state index in [2.05, 4.69) is 4.90 Å². The Labute approximate surface area is 143 Å². The van der Waals surface area contributed by atoms with Crippen LogP contribution in [0.2, 0.25) is 0 Å². The van der Waals surface area contributed by atoms with Crippen molar-refractivity contribution >= 4 is 22.7 Å². The van der Waals surface area contributed by atoms with Crippen LogP contribution in [0.5, 0.6) is 11.5 Å². The maximum Gasteiger partial charge on any atom is 0.302 e. The van der Waals surface area contributed by atoms with Crippen LogP contribution in [0.1, 0.15) is 25.7 Å². The molecule has 5 nitrogen and oxygen atoms in total. The number of nitrogens with zero attached hydrogens (tertiary/aromatic N) is 1. The molecule has 1 heterocycles. The van der Waals surface area contributed by atoms with E-state index in [1.54, 1.807) is 0 Å². The van der Waals surface area contributed by atoms with Gasteiger partial charge in [0, 0.05) is 0 Å². The average Bonchev–Trinajstić information content (AvgIpc) is 2.60. The van der Waals surface area contributed by atoms with Crippen molar-refractivity contribution in [3.05, 3.63) is 48.5 Å². The van der Waals surface area contributed by atoms with E-state index in [4.69, 9.17) is 8.92 Å². The first-order chi connectivity index (χ1) is 11.7. The van der Waals surface area contributed by atoms with Gasteiger partial charge in [0.1, 0.15) is 0 Å². The van der Waals surface area contributed by atoms with Gasteiger partial charge in [0.15, 0.2) is 11.5 Å². The number of rotatable bonds is 3. The third-order valence-corrected chi connectivity index (χ3v) is 5.09. The lowest BCUT2D eigenvalue weighted by atomic mass is 9.90. The minimum absolute atomic E-state index is 0.000972. The molecular formula is C18H19NO4S. The fourth-order valence-corrected chi connectivity index (χ4v) is 4.12. The highest BCUT2D eigenvalue weighted by Gasteiger charge is 2.37. The third-order valence-electron chi connectivity index (χ3n) is 4.67. The lowest BCUT2D eigenvalue weighted by molar-refractivity contribution is 0.135.